The van der Waals surface area contributed by atoms with E-state index < -0.39 is 6.10 Å². The molecule has 1 heterocycles. The van der Waals surface area contributed by atoms with Gasteiger partial charge in [-0.15, -0.1) is 0 Å². The molecule has 19 heavy (non-hydrogen) atoms. The fraction of sp³-hybridized carbons (Fsp3) is 0.929. The lowest BCUT2D eigenvalue weighted by molar-refractivity contribution is -0.132. The third kappa shape index (κ3) is 5.09. The highest BCUT2D eigenvalue weighted by atomic mass is 16.5. The molecule has 0 aliphatic carbocycles. The number of methoxy groups -OCH3 is 1. The summed E-state index contributed by atoms with van der Waals surface area (Å²) in [6.07, 6.45) is 2.25. The Kier molecular flexibility index (Phi) is 6.75. The van der Waals surface area contributed by atoms with Gasteiger partial charge in [-0.25, -0.2) is 0 Å². The zero-order valence-electron chi connectivity index (χ0n) is 12.4. The van der Waals surface area contributed by atoms with Gasteiger partial charge in [0, 0.05) is 19.1 Å². The molecule has 1 amide bonds. The van der Waals surface area contributed by atoms with Crippen LogP contribution in [-0.2, 0) is 9.53 Å². The van der Waals surface area contributed by atoms with Crippen molar-refractivity contribution in [1.29, 1.82) is 0 Å². The molecule has 1 saturated heterocycles. The van der Waals surface area contributed by atoms with E-state index in [1.165, 1.54) is 0 Å². The number of hydrogen-bond donors (Lipinski definition) is 3. The van der Waals surface area contributed by atoms with Gasteiger partial charge in [0.25, 0.3) is 0 Å². The molecule has 0 aromatic carbocycles. The van der Waals surface area contributed by atoms with E-state index in [0.717, 1.165) is 25.9 Å². The van der Waals surface area contributed by atoms with Crippen LogP contribution in [0.3, 0.4) is 0 Å². The lowest BCUT2D eigenvalue weighted by Gasteiger charge is -2.36. The van der Waals surface area contributed by atoms with Crippen molar-refractivity contribution in [2.45, 2.75) is 39.2 Å². The summed E-state index contributed by atoms with van der Waals surface area (Å²) in [5, 5.41) is 15.8. The van der Waals surface area contributed by atoms with Gasteiger partial charge in [0.05, 0.1) is 12.7 Å². The quantitative estimate of drug-likeness (QED) is 0.632. The van der Waals surface area contributed by atoms with Crippen molar-refractivity contribution in [2.24, 2.45) is 11.3 Å². The number of aliphatic hydroxyl groups is 1. The maximum absolute atomic E-state index is 12.3. The van der Waals surface area contributed by atoms with Crippen molar-refractivity contribution in [3.05, 3.63) is 0 Å². The molecule has 2 unspecified atom stereocenters. The lowest BCUT2D eigenvalue weighted by atomic mass is 9.74. The Labute approximate surface area is 116 Å². The summed E-state index contributed by atoms with van der Waals surface area (Å²) in [6, 6.07) is 0. The fourth-order valence-corrected chi connectivity index (χ4v) is 2.51. The number of hydrogen-bond acceptors (Lipinski definition) is 4. The molecule has 0 bridgehead atoms. The zero-order valence-corrected chi connectivity index (χ0v) is 12.4. The molecule has 1 fully saturated rings. The summed E-state index contributed by atoms with van der Waals surface area (Å²) in [6.45, 7) is 6.78. The number of nitrogens with one attached hydrogen (secondary N) is 2. The molecule has 112 valence electrons. The molecule has 1 rings (SSSR count). The monoisotopic (exact) mass is 272 g/mol. The third-order valence-corrected chi connectivity index (χ3v) is 4.02. The van der Waals surface area contributed by atoms with Crippen LogP contribution in [0.5, 0.6) is 0 Å². The van der Waals surface area contributed by atoms with Crippen molar-refractivity contribution in [3.8, 4) is 0 Å². The van der Waals surface area contributed by atoms with Crippen LogP contribution in [0.2, 0.25) is 0 Å². The predicted molar refractivity (Wildman–Crippen MR) is 74.9 cm³/mol. The SMILES string of the molecule is COCC(O)CCNC(=O)C(C)(C)C1CCCNC1. The second-order valence-electron chi connectivity index (χ2n) is 5.92. The number of ether oxygens (including phenoxy) is 1. The molecule has 2 atom stereocenters. The van der Waals surface area contributed by atoms with Gasteiger partial charge in [-0.3, -0.25) is 4.79 Å². The van der Waals surface area contributed by atoms with E-state index in [4.69, 9.17) is 4.74 Å². The van der Waals surface area contributed by atoms with Gasteiger partial charge in [-0.2, -0.15) is 0 Å². The Bertz CT molecular complexity index is 276. The Morgan fingerprint density at radius 2 is 2.32 bits per heavy atom. The van der Waals surface area contributed by atoms with Crippen molar-refractivity contribution < 1.29 is 14.6 Å². The van der Waals surface area contributed by atoms with Gasteiger partial charge in [0.15, 0.2) is 0 Å². The van der Waals surface area contributed by atoms with Gasteiger partial charge in [0.1, 0.15) is 0 Å². The highest BCUT2D eigenvalue weighted by molar-refractivity contribution is 5.82. The Hall–Kier alpha value is -0.650. The summed E-state index contributed by atoms with van der Waals surface area (Å²) in [5.41, 5.74) is -0.361. The third-order valence-electron chi connectivity index (χ3n) is 4.02. The van der Waals surface area contributed by atoms with Crippen LogP contribution in [0.25, 0.3) is 0 Å². The second kappa shape index (κ2) is 7.82. The first kappa shape index (κ1) is 16.4. The number of carbonyl (C=O) groups excluding carboxylic acids is 1. The topological polar surface area (TPSA) is 70.6 Å². The highest BCUT2D eigenvalue weighted by Gasteiger charge is 2.36. The Morgan fingerprint density at radius 1 is 1.58 bits per heavy atom. The first-order valence-electron chi connectivity index (χ1n) is 7.14. The predicted octanol–water partition coefficient (Wildman–Crippen LogP) is 0.526. The zero-order chi connectivity index (χ0) is 14.3. The molecule has 5 nitrogen and oxygen atoms in total. The van der Waals surface area contributed by atoms with Gasteiger partial charge in [-0.05, 0) is 38.3 Å². The Balaban J connectivity index is 2.34. The van der Waals surface area contributed by atoms with Crippen LogP contribution < -0.4 is 10.6 Å². The van der Waals surface area contributed by atoms with Crippen LogP contribution in [0.15, 0.2) is 0 Å². The van der Waals surface area contributed by atoms with Crippen molar-refractivity contribution in [1.82, 2.24) is 10.6 Å². The largest absolute Gasteiger partial charge is 0.391 e. The van der Waals surface area contributed by atoms with E-state index in [1.54, 1.807) is 7.11 Å². The lowest BCUT2D eigenvalue weighted by Crippen LogP contribution is -2.47. The maximum atomic E-state index is 12.3. The normalized spacial score (nSPS) is 22.0. The molecule has 3 N–H and O–H groups in total. The van der Waals surface area contributed by atoms with Gasteiger partial charge in [-0.1, -0.05) is 13.8 Å². The molecule has 0 aromatic rings. The molecule has 0 radical (unpaired) electrons. The minimum Gasteiger partial charge on any atom is -0.391 e. The maximum Gasteiger partial charge on any atom is 0.225 e. The minimum absolute atomic E-state index is 0.0748. The highest BCUT2D eigenvalue weighted by Crippen LogP contribution is 2.31. The van der Waals surface area contributed by atoms with Crippen molar-refractivity contribution >= 4 is 5.91 Å². The van der Waals surface area contributed by atoms with Crippen molar-refractivity contribution in [3.63, 3.8) is 0 Å². The van der Waals surface area contributed by atoms with Crippen LogP contribution in [0.4, 0.5) is 0 Å². The van der Waals surface area contributed by atoms with Crippen LogP contribution in [0.1, 0.15) is 33.1 Å². The summed E-state index contributed by atoms with van der Waals surface area (Å²) < 4.78 is 4.85. The fourth-order valence-electron chi connectivity index (χ4n) is 2.51. The molecular formula is C14H28N2O3. The van der Waals surface area contributed by atoms with Gasteiger partial charge >= 0.3 is 0 Å². The molecule has 5 heteroatoms. The minimum atomic E-state index is -0.509. The van der Waals surface area contributed by atoms with Crippen LogP contribution >= 0.6 is 0 Å². The summed E-state index contributed by atoms with van der Waals surface area (Å²) >= 11 is 0. The van der Waals surface area contributed by atoms with E-state index in [9.17, 15) is 9.90 Å². The average molecular weight is 272 g/mol. The summed E-state index contributed by atoms with van der Waals surface area (Å²) in [4.78, 5) is 12.3. The van der Waals surface area contributed by atoms with Crippen molar-refractivity contribution in [2.75, 3.05) is 33.4 Å². The number of rotatable bonds is 7. The molecule has 0 aromatic heterocycles. The van der Waals surface area contributed by atoms with Gasteiger partial charge < -0.3 is 20.5 Å². The molecule has 1 aliphatic heterocycles. The second-order valence-corrected chi connectivity index (χ2v) is 5.92. The van der Waals surface area contributed by atoms with E-state index in [2.05, 4.69) is 10.6 Å². The number of amides is 1. The number of carbonyl (C=O) groups is 1. The summed E-state index contributed by atoms with van der Waals surface area (Å²) in [7, 11) is 1.56. The average Bonchev–Trinajstić information content (AvgIpc) is 2.40. The van der Waals surface area contributed by atoms with E-state index in [0.29, 0.717) is 25.5 Å². The molecule has 1 aliphatic rings. The molecule has 0 spiro atoms. The van der Waals surface area contributed by atoms with E-state index >= 15 is 0 Å². The summed E-state index contributed by atoms with van der Waals surface area (Å²) in [5.74, 6) is 0.455. The van der Waals surface area contributed by atoms with E-state index in [-0.39, 0.29) is 11.3 Å². The molecule has 0 saturated carbocycles. The Morgan fingerprint density at radius 3 is 2.89 bits per heavy atom. The standard InChI is InChI=1S/C14H28N2O3/c1-14(2,11-5-4-7-15-9-11)13(18)16-8-6-12(17)10-19-3/h11-12,15,17H,4-10H2,1-3H3,(H,16,18). The molecular weight excluding hydrogens is 244 g/mol. The van der Waals surface area contributed by atoms with Crippen LogP contribution in [0, 0.1) is 11.3 Å². The number of aliphatic hydroxyl groups excluding tert-OH is 1. The first-order valence-corrected chi connectivity index (χ1v) is 7.14. The van der Waals surface area contributed by atoms with Gasteiger partial charge in [0.2, 0.25) is 5.91 Å². The van der Waals surface area contributed by atoms with E-state index in [1.807, 2.05) is 13.8 Å². The first-order chi connectivity index (χ1) is 8.98. The smallest absolute Gasteiger partial charge is 0.225 e. The number of piperidine rings is 1. The van der Waals surface area contributed by atoms with Crippen LogP contribution in [-0.4, -0.2) is 50.5 Å².